The summed E-state index contributed by atoms with van der Waals surface area (Å²) in [5.74, 6) is 0. The number of carbonyl (C=O) groups excluding carboxylic acids is 1. The fourth-order valence-electron chi connectivity index (χ4n) is 1.30. The Labute approximate surface area is 82.7 Å². The molecule has 0 heterocycles. The molecule has 0 aliphatic carbocycles. The second kappa shape index (κ2) is 4.62. The predicted octanol–water partition coefficient (Wildman–Crippen LogP) is 0.777. The van der Waals surface area contributed by atoms with Gasteiger partial charge in [0.05, 0.1) is 12.1 Å². The van der Waals surface area contributed by atoms with E-state index < -0.39 is 18.2 Å². The zero-order valence-corrected chi connectivity index (χ0v) is 7.97. The largest absolute Gasteiger partial charge is 0.391 e. The van der Waals surface area contributed by atoms with E-state index in [2.05, 4.69) is 5.32 Å². The number of nitrogens with two attached hydrogens (primary N) is 1. The molecule has 0 aliphatic heterocycles. The average molecular weight is 194 g/mol. The molecule has 0 saturated carbocycles. The lowest BCUT2D eigenvalue weighted by molar-refractivity contribution is 0.147. The van der Waals surface area contributed by atoms with Crippen LogP contribution in [0.3, 0.4) is 0 Å². The predicted molar refractivity (Wildman–Crippen MR) is 53.6 cm³/mol. The minimum absolute atomic E-state index is 0.450. The van der Waals surface area contributed by atoms with Gasteiger partial charge in [0.1, 0.15) is 0 Å². The first-order valence-electron chi connectivity index (χ1n) is 4.40. The molecule has 0 aromatic heterocycles. The molecule has 0 aliphatic rings. The Kier molecular flexibility index (Phi) is 3.48. The Hall–Kier alpha value is -1.55. The molecule has 1 aromatic rings. The summed E-state index contributed by atoms with van der Waals surface area (Å²) in [7, 11) is 0. The van der Waals surface area contributed by atoms with Crippen molar-refractivity contribution >= 4 is 6.03 Å². The molecule has 0 bridgehead atoms. The second-order valence-corrected chi connectivity index (χ2v) is 3.14. The summed E-state index contributed by atoms with van der Waals surface area (Å²) in [6.45, 7) is 1.60. The highest BCUT2D eigenvalue weighted by Crippen LogP contribution is 2.15. The van der Waals surface area contributed by atoms with Crippen molar-refractivity contribution in [3.8, 4) is 0 Å². The van der Waals surface area contributed by atoms with E-state index in [1.165, 1.54) is 0 Å². The van der Waals surface area contributed by atoms with Gasteiger partial charge in [-0.05, 0) is 12.5 Å². The second-order valence-electron chi connectivity index (χ2n) is 3.14. The van der Waals surface area contributed by atoms with Gasteiger partial charge in [0, 0.05) is 0 Å². The standard InChI is InChI=1S/C10H14N2O2/c1-7(13)9(12-10(11)14)8-5-3-2-4-6-8/h2-7,9,13H,1H3,(H3,11,12,14). The fraction of sp³-hybridized carbons (Fsp3) is 0.300. The zero-order valence-electron chi connectivity index (χ0n) is 7.97. The van der Waals surface area contributed by atoms with E-state index in [0.29, 0.717) is 0 Å². The van der Waals surface area contributed by atoms with E-state index in [9.17, 15) is 9.90 Å². The van der Waals surface area contributed by atoms with E-state index in [1.807, 2.05) is 30.3 Å². The lowest BCUT2D eigenvalue weighted by Crippen LogP contribution is -2.38. The molecule has 0 fully saturated rings. The molecule has 1 aromatic carbocycles. The van der Waals surface area contributed by atoms with Crippen LogP contribution in [-0.4, -0.2) is 17.2 Å². The Morgan fingerprint density at radius 2 is 2.00 bits per heavy atom. The van der Waals surface area contributed by atoms with Crippen molar-refractivity contribution in [3.63, 3.8) is 0 Å². The minimum Gasteiger partial charge on any atom is -0.391 e. The van der Waals surface area contributed by atoms with Crippen LogP contribution >= 0.6 is 0 Å². The van der Waals surface area contributed by atoms with Crippen molar-refractivity contribution in [2.24, 2.45) is 5.73 Å². The maximum Gasteiger partial charge on any atom is 0.312 e. The Balaban J connectivity index is 2.83. The van der Waals surface area contributed by atoms with Crippen molar-refractivity contribution in [2.75, 3.05) is 0 Å². The first-order chi connectivity index (χ1) is 6.61. The van der Waals surface area contributed by atoms with Crippen molar-refractivity contribution in [3.05, 3.63) is 35.9 Å². The van der Waals surface area contributed by atoms with Crippen molar-refractivity contribution < 1.29 is 9.90 Å². The fourth-order valence-corrected chi connectivity index (χ4v) is 1.30. The number of nitrogens with one attached hydrogen (secondary N) is 1. The number of carbonyl (C=O) groups is 1. The van der Waals surface area contributed by atoms with E-state index in [-0.39, 0.29) is 0 Å². The molecule has 4 nitrogen and oxygen atoms in total. The van der Waals surface area contributed by atoms with Crippen LogP contribution in [0.15, 0.2) is 30.3 Å². The monoisotopic (exact) mass is 194 g/mol. The molecule has 4 N–H and O–H groups in total. The molecule has 2 unspecified atom stereocenters. The Morgan fingerprint density at radius 1 is 1.43 bits per heavy atom. The molecule has 2 atom stereocenters. The molecule has 1 rings (SSSR count). The van der Waals surface area contributed by atoms with Gasteiger partial charge in [-0.3, -0.25) is 0 Å². The van der Waals surface area contributed by atoms with Crippen LogP contribution in [-0.2, 0) is 0 Å². The third kappa shape index (κ3) is 2.74. The summed E-state index contributed by atoms with van der Waals surface area (Å²) in [6.07, 6.45) is -0.676. The number of urea groups is 1. The summed E-state index contributed by atoms with van der Waals surface area (Å²) < 4.78 is 0. The van der Waals surface area contributed by atoms with Crippen LogP contribution in [0.2, 0.25) is 0 Å². The molecular weight excluding hydrogens is 180 g/mol. The van der Waals surface area contributed by atoms with Gasteiger partial charge in [-0.2, -0.15) is 0 Å². The van der Waals surface area contributed by atoms with E-state index in [1.54, 1.807) is 6.92 Å². The van der Waals surface area contributed by atoms with E-state index in [0.717, 1.165) is 5.56 Å². The Morgan fingerprint density at radius 3 is 2.43 bits per heavy atom. The maximum absolute atomic E-state index is 10.7. The van der Waals surface area contributed by atoms with Crippen LogP contribution in [0, 0.1) is 0 Å². The lowest BCUT2D eigenvalue weighted by atomic mass is 10.0. The van der Waals surface area contributed by atoms with Crippen LogP contribution < -0.4 is 11.1 Å². The van der Waals surface area contributed by atoms with Gasteiger partial charge in [0.25, 0.3) is 0 Å². The van der Waals surface area contributed by atoms with Crippen molar-refractivity contribution in [2.45, 2.75) is 19.1 Å². The zero-order chi connectivity index (χ0) is 10.6. The van der Waals surface area contributed by atoms with Gasteiger partial charge in [-0.15, -0.1) is 0 Å². The summed E-state index contributed by atoms with van der Waals surface area (Å²) in [4.78, 5) is 10.7. The molecule has 2 amide bonds. The summed E-state index contributed by atoms with van der Waals surface area (Å²) >= 11 is 0. The normalized spacial score (nSPS) is 14.4. The SMILES string of the molecule is CC(O)C(NC(N)=O)c1ccccc1. The topological polar surface area (TPSA) is 75.3 Å². The quantitative estimate of drug-likeness (QED) is 0.665. The highest BCUT2D eigenvalue weighted by molar-refractivity contribution is 5.72. The maximum atomic E-state index is 10.7. The van der Waals surface area contributed by atoms with Crippen molar-refractivity contribution in [1.29, 1.82) is 0 Å². The first-order valence-corrected chi connectivity index (χ1v) is 4.40. The number of hydrogen-bond donors (Lipinski definition) is 3. The minimum atomic E-state index is -0.676. The van der Waals surface area contributed by atoms with Gasteiger partial charge in [0.15, 0.2) is 0 Å². The van der Waals surface area contributed by atoms with Gasteiger partial charge in [-0.1, -0.05) is 30.3 Å². The third-order valence-electron chi connectivity index (χ3n) is 1.94. The number of aliphatic hydroxyl groups is 1. The number of amides is 2. The van der Waals surface area contributed by atoms with Crippen molar-refractivity contribution in [1.82, 2.24) is 5.32 Å². The number of primary amides is 1. The highest BCUT2D eigenvalue weighted by atomic mass is 16.3. The molecular formula is C10H14N2O2. The van der Waals surface area contributed by atoms with Crippen LogP contribution in [0.4, 0.5) is 4.79 Å². The number of benzene rings is 1. The molecule has 0 saturated heterocycles. The van der Waals surface area contributed by atoms with Crippen LogP contribution in [0.1, 0.15) is 18.5 Å². The number of rotatable bonds is 3. The van der Waals surface area contributed by atoms with Gasteiger partial charge in [0.2, 0.25) is 0 Å². The first kappa shape index (κ1) is 10.5. The molecule has 14 heavy (non-hydrogen) atoms. The Bertz CT molecular complexity index is 298. The number of aliphatic hydroxyl groups excluding tert-OH is 1. The summed E-state index contributed by atoms with van der Waals surface area (Å²) in [6, 6.07) is 8.11. The van der Waals surface area contributed by atoms with E-state index >= 15 is 0 Å². The number of hydrogen-bond acceptors (Lipinski definition) is 2. The molecule has 76 valence electrons. The lowest BCUT2D eigenvalue weighted by Gasteiger charge is -2.20. The molecule has 0 spiro atoms. The molecule has 4 heteroatoms. The van der Waals surface area contributed by atoms with Gasteiger partial charge < -0.3 is 16.2 Å². The van der Waals surface area contributed by atoms with Crippen LogP contribution in [0.25, 0.3) is 0 Å². The summed E-state index contributed by atoms with van der Waals surface area (Å²) in [5.41, 5.74) is 5.84. The van der Waals surface area contributed by atoms with E-state index in [4.69, 9.17) is 5.73 Å². The smallest absolute Gasteiger partial charge is 0.312 e. The molecule has 0 radical (unpaired) electrons. The van der Waals surface area contributed by atoms with Gasteiger partial charge in [-0.25, -0.2) is 4.79 Å². The van der Waals surface area contributed by atoms with Gasteiger partial charge >= 0.3 is 6.03 Å². The summed E-state index contributed by atoms with van der Waals surface area (Å²) in [5, 5.41) is 11.9. The third-order valence-corrected chi connectivity index (χ3v) is 1.94. The average Bonchev–Trinajstić information content (AvgIpc) is 2.15. The van der Waals surface area contributed by atoms with Crippen LogP contribution in [0.5, 0.6) is 0 Å². The highest BCUT2D eigenvalue weighted by Gasteiger charge is 2.17.